The smallest absolute Gasteiger partial charge is 0.321 e. The summed E-state index contributed by atoms with van der Waals surface area (Å²) >= 11 is 0. The quantitative estimate of drug-likeness (QED) is 0.543. The number of nitrogens with one attached hydrogen (secondary N) is 1. The number of nitrogens with zero attached hydrogens (tertiary/aromatic N) is 2. The van der Waals surface area contributed by atoms with Crippen LogP contribution in [0.3, 0.4) is 0 Å². The van der Waals surface area contributed by atoms with Gasteiger partial charge in [0.15, 0.2) is 11.7 Å². The van der Waals surface area contributed by atoms with Gasteiger partial charge in [-0.2, -0.15) is 0 Å². The first-order valence-corrected chi connectivity index (χ1v) is 11.1. The monoisotopic (exact) mass is 449 g/mol. The molecule has 0 aliphatic carbocycles. The van der Waals surface area contributed by atoms with Crippen molar-refractivity contribution in [1.82, 2.24) is 10.3 Å². The summed E-state index contributed by atoms with van der Waals surface area (Å²) < 4.78 is 17.5. The summed E-state index contributed by atoms with van der Waals surface area (Å²) in [4.78, 5) is 18.5. The van der Waals surface area contributed by atoms with E-state index in [0.717, 1.165) is 22.4 Å². The zero-order chi connectivity index (χ0) is 23.6. The summed E-state index contributed by atoms with van der Waals surface area (Å²) in [5.74, 6) is 1.94. The van der Waals surface area contributed by atoms with Crippen molar-refractivity contribution in [3.05, 3.63) is 65.2 Å². The van der Waals surface area contributed by atoms with Gasteiger partial charge in [0.1, 0.15) is 11.4 Å². The van der Waals surface area contributed by atoms with Crippen LogP contribution in [0.15, 0.2) is 47.0 Å². The average Bonchev–Trinajstić information content (AvgIpc) is 3.38. The van der Waals surface area contributed by atoms with Crippen molar-refractivity contribution in [2.24, 2.45) is 0 Å². The second kappa shape index (κ2) is 9.27. The molecule has 4 rings (SSSR count). The predicted molar refractivity (Wildman–Crippen MR) is 128 cm³/mol. The van der Waals surface area contributed by atoms with Crippen molar-refractivity contribution in [2.75, 3.05) is 25.1 Å². The van der Waals surface area contributed by atoms with Crippen molar-refractivity contribution in [3.8, 4) is 17.1 Å². The molecule has 0 atom stereocenters. The Morgan fingerprint density at radius 2 is 2.00 bits per heavy atom. The molecule has 2 aromatic carbocycles. The summed E-state index contributed by atoms with van der Waals surface area (Å²) in [6.45, 7) is 9.86. The molecule has 2 heterocycles. The van der Waals surface area contributed by atoms with Crippen LogP contribution in [0.25, 0.3) is 11.3 Å². The Labute approximate surface area is 194 Å². The lowest BCUT2D eigenvalue weighted by atomic mass is 10.0. The van der Waals surface area contributed by atoms with Crippen molar-refractivity contribution >= 4 is 11.7 Å². The second-order valence-electron chi connectivity index (χ2n) is 9.30. The first-order chi connectivity index (χ1) is 15.7. The second-order valence-corrected chi connectivity index (χ2v) is 9.30. The molecule has 0 radical (unpaired) electrons. The highest BCUT2D eigenvalue weighted by atomic mass is 16.5. The van der Waals surface area contributed by atoms with Gasteiger partial charge in [-0.15, -0.1) is 0 Å². The Bertz CT molecular complexity index is 1150. The third-order valence-electron chi connectivity index (χ3n) is 5.39. The van der Waals surface area contributed by atoms with Crippen LogP contribution in [0, 0.1) is 6.92 Å². The van der Waals surface area contributed by atoms with Gasteiger partial charge in [0.2, 0.25) is 0 Å². The largest absolute Gasteiger partial charge is 0.488 e. The van der Waals surface area contributed by atoms with E-state index in [1.807, 2.05) is 39.0 Å². The molecule has 0 spiro atoms. The van der Waals surface area contributed by atoms with Crippen LogP contribution >= 0.6 is 0 Å². The molecule has 7 nitrogen and oxygen atoms in total. The molecular weight excluding hydrogens is 418 g/mol. The van der Waals surface area contributed by atoms with E-state index in [2.05, 4.69) is 35.4 Å². The fourth-order valence-corrected chi connectivity index (χ4v) is 3.87. The lowest BCUT2D eigenvalue weighted by molar-refractivity contribution is 0.131. The lowest BCUT2D eigenvalue weighted by Crippen LogP contribution is -2.28. The molecule has 3 aromatic rings. The van der Waals surface area contributed by atoms with Crippen molar-refractivity contribution in [3.63, 3.8) is 0 Å². The van der Waals surface area contributed by atoms with Crippen LogP contribution in [-0.4, -0.2) is 36.8 Å². The van der Waals surface area contributed by atoms with Gasteiger partial charge in [-0.3, -0.25) is 4.90 Å². The molecule has 0 saturated carbocycles. The minimum Gasteiger partial charge on any atom is -0.488 e. The van der Waals surface area contributed by atoms with Gasteiger partial charge in [0.05, 0.1) is 12.8 Å². The summed E-state index contributed by atoms with van der Waals surface area (Å²) in [6.07, 6.45) is 2.32. The minimum absolute atomic E-state index is 0.112. The van der Waals surface area contributed by atoms with Crippen molar-refractivity contribution < 1.29 is 18.7 Å². The first kappa shape index (κ1) is 22.9. The van der Waals surface area contributed by atoms with Gasteiger partial charge in [0.25, 0.3) is 0 Å². The number of hydrogen-bond donors (Lipinski definition) is 1. The Kier molecular flexibility index (Phi) is 6.42. The number of aryl methyl sites for hydroxylation is 1. The number of oxazole rings is 1. The molecule has 0 bridgehead atoms. The van der Waals surface area contributed by atoms with Crippen LogP contribution in [0.2, 0.25) is 0 Å². The van der Waals surface area contributed by atoms with Crippen LogP contribution in [-0.2, 0) is 17.8 Å². The standard InChI is InChI=1S/C26H31N3O4/c1-17-6-7-18(16-31-5)10-19(17)13-24-28-15-23(32-24)20-11-21(29-9-8-27-25(29)30)14-22(12-20)33-26(2,3)4/h6-7,10-12,14-15H,8-9,13,16H2,1-5H3,(H,27,30). The van der Waals surface area contributed by atoms with Crippen molar-refractivity contribution in [1.29, 1.82) is 0 Å². The van der Waals surface area contributed by atoms with Crippen molar-refractivity contribution in [2.45, 2.75) is 46.3 Å². The highest BCUT2D eigenvalue weighted by molar-refractivity contribution is 5.95. The number of carbonyl (C=O) groups excluding carboxylic acids is 1. The van der Waals surface area contributed by atoms with Gasteiger partial charge < -0.3 is 19.2 Å². The third kappa shape index (κ3) is 5.54. The molecule has 1 aliphatic rings. The minimum atomic E-state index is -0.375. The molecule has 1 aliphatic heterocycles. The molecule has 0 unspecified atom stereocenters. The number of carbonyl (C=O) groups is 1. The van der Waals surface area contributed by atoms with Crippen LogP contribution in [0.1, 0.15) is 43.4 Å². The van der Waals surface area contributed by atoms with Crippen LogP contribution in [0.5, 0.6) is 5.75 Å². The van der Waals surface area contributed by atoms with E-state index in [-0.39, 0.29) is 11.6 Å². The normalized spacial score (nSPS) is 14.0. The number of aromatic nitrogens is 1. The third-order valence-corrected chi connectivity index (χ3v) is 5.39. The van der Waals surface area contributed by atoms with Gasteiger partial charge >= 0.3 is 6.03 Å². The molecule has 7 heteroatoms. The number of anilines is 1. The van der Waals surface area contributed by atoms with E-state index >= 15 is 0 Å². The summed E-state index contributed by atoms with van der Waals surface area (Å²) in [6, 6.07) is 11.9. The highest BCUT2D eigenvalue weighted by Crippen LogP contribution is 2.33. The van der Waals surface area contributed by atoms with E-state index in [9.17, 15) is 4.79 Å². The van der Waals surface area contributed by atoms with Gasteiger partial charge in [-0.25, -0.2) is 9.78 Å². The summed E-state index contributed by atoms with van der Waals surface area (Å²) in [5.41, 5.74) is 4.65. The summed E-state index contributed by atoms with van der Waals surface area (Å²) in [7, 11) is 1.69. The Balaban J connectivity index is 1.64. The SMILES string of the molecule is COCc1ccc(C)c(Cc2ncc(-c3cc(OC(C)(C)C)cc(N4CCNC4=O)c3)o2)c1. The highest BCUT2D eigenvalue weighted by Gasteiger charge is 2.24. The summed E-state index contributed by atoms with van der Waals surface area (Å²) in [5, 5.41) is 2.85. The maximum Gasteiger partial charge on any atom is 0.321 e. The Morgan fingerprint density at radius 3 is 2.70 bits per heavy atom. The number of hydrogen-bond acceptors (Lipinski definition) is 5. The molecule has 1 N–H and O–H groups in total. The van der Waals surface area contributed by atoms with E-state index < -0.39 is 0 Å². The Hall–Kier alpha value is -3.32. The van der Waals surface area contributed by atoms with E-state index in [0.29, 0.717) is 43.5 Å². The maximum atomic E-state index is 12.3. The molecule has 2 amide bonds. The zero-order valence-corrected chi connectivity index (χ0v) is 19.9. The first-order valence-electron chi connectivity index (χ1n) is 11.1. The molecule has 33 heavy (non-hydrogen) atoms. The fourth-order valence-electron chi connectivity index (χ4n) is 3.87. The zero-order valence-electron chi connectivity index (χ0n) is 19.9. The average molecular weight is 450 g/mol. The predicted octanol–water partition coefficient (Wildman–Crippen LogP) is 5.09. The van der Waals surface area contributed by atoms with Gasteiger partial charge in [0, 0.05) is 43.9 Å². The maximum absolute atomic E-state index is 12.3. The number of amides is 2. The molecule has 1 aromatic heterocycles. The topological polar surface area (TPSA) is 76.8 Å². The Morgan fingerprint density at radius 1 is 1.18 bits per heavy atom. The number of benzene rings is 2. The van der Waals surface area contributed by atoms with Crippen LogP contribution in [0.4, 0.5) is 10.5 Å². The van der Waals surface area contributed by atoms with E-state index in [4.69, 9.17) is 13.9 Å². The van der Waals surface area contributed by atoms with Crippen LogP contribution < -0.4 is 15.0 Å². The number of methoxy groups -OCH3 is 1. The van der Waals surface area contributed by atoms with E-state index in [1.165, 1.54) is 5.56 Å². The van der Waals surface area contributed by atoms with E-state index in [1.54, 1.807) is 18.2 Å². The number of urea groups is 1. The molecule has 1 saturated heterocycles. The number of rotatable bonds is 7. The van der Waals surface area contributed by atoms with Gasteiger partial charge in [-0.1, -0.05) is 18.2 Å². The molecule has 1 fully saturated rings. The molecular formula is C26H31N3O4. The van der Waals surface area contributed by atoms with Gasteiger partial charge in [-0.05, 0) is 56.5 Å². The lowest BCUT2D eigenvalue weighted by Gasteiger charge is -2.23. The molecule has 174 valence electrons. The fraction of sp³-hybridized carbons (Fsp3) is 0.385. The number of ether oxygens (including phenoxy) is 2.